The van der Waals surface area contributed by atoms with Gasteiger partial charge in [-0.1, -0.05) is 18.2 Å². The van der Waals surface area contributed by atoms with E-state index >= 15 is 0 Å². The van der Waals surface area contributed by atoms with Crippen LogP contribution in [0.15, 0.2) is 42.7 Å². The molecule has 1 nitrogen and oxygen atoms in total. The molecule has 16 heavy (non-hydrogen) atoms. The van der Waals surface area contributed by atoms with E-state index in [9.17, 15) is 4.39 Å². The lowest BCUT2D eigenvalue weighted by atomic mass is 10.0. The van der Waals surface area contributed by atoms with Gasteiger partial charge in [-0.15, -0.1) is 0 Å². The highest BCUT2D eigenvalue weighted by Crippen LogP contribution is 2.31. The van der Waals surface area contributed by atoms with Crippen LogP contribution in [0.2, 0.25) is 0 Å². The fraction of sp³-hybridized carbons (Fsp3) is 0.0714. The number of pyridine rings is 1. The van der Waals surface area contributed by atoms with Crippen LogP contribution in [0.3, 0.4) is 0 Å². The van der Waals surface area contributed by atoms with Crippen LogP contribution in [0.5, 0.6) is 0 Å². The number of aromatic nitrogens is 1. The van der Waals surface area contributed by atoms with E-state index in [-0.39, 0.29) is 5.82 Å². The zero-order chi connectivity index (χ0) is 11.0. The first-order valence-electron chi connectivity index (χ1n) is 5.23. The summed E-state index contributed by atoms with van der Waals surface area (Å²) in [7, 11) is 0. The fourth-order valence-electron chi connectivity index (χ4n) is 2.06. The lowest BCUT2D eigenvalue weighted by molar-refractivity contribution is 0.623. The van der Waals surface area contributed by atoms with Crippen LogP contribution in [0.1, 0.15) is 16.7 Å². The van der Waals surface area contributed by atoms with Gasteiger partial charge in [0.25, 0.3) is 0 Å². The van der Waals surface area contributed by atoms with Gasteiger partial charge in [0.05, 0.1) is 0 Å². The van der Waals surface area contributed by atoms with Crippen LogP contribution < -0.4 is 0 Å². The maximum atomic E-state index is 13.6. The molecule has 3 rings (SSSR count). The molecule has 0 bridgehead atoms. The molecule has 0 atom stereocenters. The molecule has 1 aromatic carbocycles. The minimum atomic E-state index is -0.158. The predicted molar refractivity (Wildman–Crippen MR) is 62.2 cm³/mol. The van der Waals surface area contributed by atoms with Crippen molar-refractivity contribution in [1.82, 2.24) is 4.98 Å². The Morgan fingerprint density at radius 1 is 1.12 bits per heavy atom. The third-order valence-corrected chi connectivity index (χ3v) is 2.88. The summed E-state index contributed by atoms with van der Waals surface area (Å²) in [4.78, 5) is 4.07. The zero-order valence-electron chi connectivity index (χ0n) is 8.65. The van der Waals surface area contributed by atoms with Gasteiger partial charge in [-0.05, 0) is 41.3 Å². The second-order valence-corrected chi connectivity index (χ2v) is 3.90. The van der Waals surface area contributed by atoms with E-state index in [1.807, 2.05) is 30.5 Å². The Labute approximate surface area is 93.3 Å². The third-order valence-electron chi connectivity index (χ3n) is 2.88. The minimum Gasteiger partial charge on any atom is -0.264 e. The number of hydrogen-bond donors (Lipinski definition) is 0. The van der Waals surface area contributed by atoms with Gasteiger partial charge in [0.2, 0.25) is 0 Å². The van der Waals surface area contributed by atoms with Gasteiger partial charge in [-0.2, -0.15) is 0 Å². The van der Waals surface area contributed by atoms with Crippen molar-refractivity contribution in [3.8, 4) is 0 Å². The average molecular weight is 211 g/mol. The molecule has 0 aliphatic heterocycles. The van der Waals surface area contributed by atoms with E-state index < -0.39 is 0 Å². The molecule has 0 fully saturated rings. The largest absolute Gasteiger partial charge is 0.264 e. The Kier molecular flexibility index (Phi) is 2.07. The van der Waals surface area contributed by atoms with Gasteiger partial charge in [-0.25, -0.2) is 4.39 Å². The average Bonchev–Trinajstić information content (AvgIpc) is 2.73. The fourth-order valence-corrected chi connectivity index (χ4v) is 2.06. The van der Waals surface area contributed by atoms with Crippen molar-refractivity contribution < 1.29 is 4.39 Å². The molecule has 1 aromatic heterocycles. The van der Waals surface area contributed by atoms with E-state index in [2.05, 4.69) is 4.98 Å². The highest BCUT2D eigenvalue weighted by atomic mass is 19.1. The normalized spacial score (nSPS) is 13.4. The van der Waals surface area contributed by atoms with Crippen molar-refractivity contribution in [2.45, 2.75) is 6.42 Å². The Balaban J connectivity index is 2.05. The van der Waals surface area contributed by atoms with Gasteiger partial charge in [0, 0.05) is 18.0 Å². The number of benzene rings is 1. The predicted octanol–water partition coefficient (Wildman–Crippen LogP) is 3.32. The summed E-state index contributed by atoms with van der Waals surface area (Å²) in [5.41, 5.74) is 4.04. The molecule has 2 aromatic rings. The van der Waals surface area contributed by atoms with Crippen molar-refractivity contribution in [1.29, 1.82) is 0 Å². The molecule has 0 amide bonds. The summed E-state index contributed by atoms with van der Waals surface area (Å²) in [6, 6.07) is 8.88. The molecule has 1 aliphatic carbocycles. The van der Waals surface area contributed by atoms with E-state index in [1.54, 1.807) is 12.3 Å². The summed E-state index contributed by atoms with van der Waals surface area (Å²) < 4.78 is 13.6. The van der Waals surface area contributed by atoms with Crippen LogP contribution in [-0.2, 0) is 6.42 Å². The van der Waals surface area contributed by atoms with Crippen molar-refractivity contribution in [2.75, 3.05) is 0 Å². The Bertz CT molecular complexity index is 572. The molecule has 0 saturated carbocycles. The topological polar surface area (TPSA) is 12.9 Å². The Morgan fingerprint density at radius 2 is 2.00 bits per heavy atom. The van der Waals surface area contributed by atoms with Crippen molar-refractivity contribution >= 4 is 11.6 Å². The van der Waals surface area contributed by atoms with Crippen LogP contribution in [0.25, 0.3) is 11.6 Å². The molecule has 0 saturated heterocycles. The standard InChI is InChI=1S/C14H10FN/c15-14-4-2-1-3-13(14)11-7-10-5-6-16-9-12(10)8-11/h1-6,8-9H,7H2. The first-order valence-corrected chi connectivity index (χ1v) is 5.23. The quantitative estimate of drug-likeness (QED) is 0.705. The van der Waals surface area contributed by atoms with Gasteiger partial charge >= 0.3 is 0 Å². The first kappa shape index (κ1) is 9.28. The van der Waals surface area contributed by atoms with E-state index in [1.165, 1.54) is 11.6 Å². The molecular weight excluding hydrogens is 201 g/mol. The number of rotatable bonds is 1. The lowest BCUT2D eigenvalue weighted by Gasteiger charge is -2.03. The molecule has 0 unspecified atom stereocenters. The molecule has 2 heteroatoms. The Hall–Kier alpha value is -1.96. The summed E-state index contributed by atoms with van der Waals surface area (Å²) in [6.45, 7) is 0. The van der Waals surface area contributed by atoms with Crippen LogP contribution in [-0.4, -0.2) is 4.98 Å². The second kappa shape index (κ2) is 3.56. The smallest absolute Gasteiger partial charge is 0.130 e. The van der Waals surface area contributed by atoms with Gasteiger partial charge in [0.15, 0.2) is 0 Å². The SMILES string of the molecule is Fc1ccccc1C1=Cc2cnccc2C1. The Morgan fingerprint density at radius 3 is 2.81 bits per heavy atom. The number of hydrogen-bond acceptors (Lipinski definition) is 1. The summed E-state index contributed by atoms with van der Waals surface area (Å²) in [5.74, 6) is -0.158. The highest BCUT2D eigenvalue weighted by molar-refractivity contribution is 5.88. The number of nitrogens with zero attached hydrogens (tertiary/aromatic N) is 1. The minimum absolute atomic E-state index is 0.158. The maximum absolute atomic E-state index is 13.6. The molecule has 1 aliphatic rings. The van der Waals surface area contributed by atoms with Crippen molar-refractivity contribution in [3.05, 3.63) is 65.2 Å². The van der Waals surface area contributed by atoms with Crippen LogP contribution in [0, 0.1) is 5.82 Å². The summed E-state index contributed by atoms with van der Waals surface area (Å²) >= 11 is 0. The lowest BCUT2D eigenvalue weighted by Crippen LogP contribution is -1.89. The molecule has 0 spiro atoms. The van der Waals surface area contributed by atoms with Gasteiger partial charge in [-0.3, -0.25) is 4.98 Å². The monoisotopic (exact) mass is 211 g/mol. The maximum Gasteiger partial charge on any atom is 0.130 e. The zero-order valence-corrected chi connectivity index (χ0v) is 8.65. The van der Waals surface area contributed by atoms with Crippen molar-refractivity contribution in [2.24, 2.45) is 0 Å². The number of fused-ring (bicyclic) bond motifs is 1. The summed E-state index contributed by atoms with van der Waals surface area (Å²) in [5, 5.41) is 0. The molecule has 0 radical (unpaired) electrons. The van der Waals surface area contributed by atoms with Crippen LogP contribution in [0.4, 0.5) is 4.39 Å². The molecular formula is C14H10FN. The van der Waals surface area contributed by atoms with Crippen LogP contribution >= 0.6 is 0 Å². The second-order valence-electron chi connectivity index (χ2n) is 3.90. The van der Waals surface area contributed by atoms with E-state index in [0.717, 1.165) is 17.6 Å². The van der Waals surface area contributed by atoms with Gasteiger partial charge in [0.1, 0.15) is 5.82 Å². The number of halogens is 1. The number of allylic oxidation sites excluding steroid dienone is 1. The molecule has 1 heterocycles. The highest BCUT2D eigenvalue weighted by Gasteiger charge is 2.15. The third kappa shape index (κ3) is 1.43. The van der Waals surface area contributed by atoms with E-state index in [0.29, 0.717) is 5.56 Å². The summed E-state index contributed by atoms with van der Waals surface area (Å²) in [6.07, 6.45) is 6.40. The first-order chi connectivity index (χ1) is 7.84. The van der Waals surface area contributed by atoms with Gasteiger partial charge < -0.3 is 0 Å². The molecule has 0 N–H and O–H groups in total. The van der Waals surface area contributed by atoms with Crippen molar-refractivity contribution in [3.63, 3.8) is 0 Å². The van der Waals surface area contributed by atoms with E-state index in [4.69, 9.17) is 0 Å². The molecule has 78 valence electrons.